The van der Waals surface area contributed by atoms with Gasteiger partial charge in [-0.05, 0) is 29.7 Å². The van der Waals surface area contributed by atoms with Gasteiger partial charge in [0, 0.05) is 30.1 Å². The molecule has 1 aromatic heterocycles. The number of aryl methyl sites for hydroxylation is 1. The predicted octanol–water partition coefficient (Wildman–Crippen LogP) is 2.92. The second kappa shape index (κ2) is 5.45. The molecule has 0 fully saturated rings. The van der Waals surface area contributed by atoms with E-state index in [2.05, 4.69) is 0 Å². The van der Waals surface area contributed by atoms with Gasteiger partial charge >= 0.3 is 0 Å². The number of hydrogen-bond acceptors (Lipinski definition) is 5. The Hall–Kier alpha value is -1.77. The molecule has 0 spiro atoms. The summed E-state index contributed by atoms with van der Waals surface area (Å²) in [5.74, 6) is 0. The maximum atomic E-state index is 12.7. The second-order valence-electron chi connectivity index (χ2n) is 5.06. The number of non-ortho nitro benzene ring substituents is 1. The normalized spacial score (nSPS) is 15.0. The number of rotatable bonds is 4. The fourth-order valence-electron chi connectivity index (χ4n) is 2.45. The highest BCUT2D eigenvalue weighted by atomic mass is 32.2. The Morgan fingerprint density at radius 2 is 1.95 bits per heavy atom. The molecule has 22 heavy (non-hydrogen) atoms. The van der Waals surface area contributed by atoms with Gasteiger partial charge in [-0.2, -0.15) is 4.31 Å². The van der Waals surface area contributed by atoms with Crippen molar-refractivity contribution in [1.29, 1.82) is 0 Å². The topological polar surface area (TPSA) is 80.5 Å². The van der Waals surface area contributed by atoms with E-state index in [1.165, 1.54) is 27.8 Å². The zero-order valence-electron chi connectivity index (χ0n) is 11.9. The van der Waals surface area contributed by atoms with Gasteiger partial charge in [0.2, 0.25) is 0 Å². The van der Waals surface area contributed by atoms with Crippen molar-refractivity contribution in [2.75, 3.05) is 0 Å². The molecule has 2 heterocycles. The van der Waals surface area contributed by atoms with Gasteiger partial charge in [0.25, 0.3) is 15.7 Å². The first-order chi connectivity index (χ1) is 10.4. The average molecular weight is 338 g/mol. The summed E-state index contributed by atoms with van der Waals surface area (Å²) in [4.78, 5) is 11.4. The van der Waals surface area contributed by atoms with Crippen LogP contribution in [-0.4, -0.2) is 17.6 Å². The second-order valence-corrected chi connectivity index (χ2v) is 8.39. The molecule has 3 rings (SSSR count). The van der Waals surface area contributed by atoms with Crippen molar-refractivity contribution in [3.8, 4) is 0 Å². The van der Waals surface area contributed by atoms with Crippen molar-refractivity contribution in [1.82, 2.24) is 4.31 Å². The Kier molecular flexibility index (Phi) is 3.75. The zero-order valence-corrected chi connectivity index (χ0v) is 13.5. The van der Waals surface area contributed by atoms with E-state index in [0.717, 1.165) is 16.9 Å². The van der Waals surface area contributed by atoms with Crippen LogP contribution in [0.1, 0.15) is 22.9 Å². The lowest BCUT2D eigenvalue weighted by atomic mass is 10.1. The van der Waals surface area contributed by atoms with E-state index in [-0.39, 0.29) is 18.8 Å². The van der Waals surface area contributed by atoms with Crippen LogP contribution in [0, 0.1) is 10.1 Å². The van der Waals surface area contributed by atoms with Crippen LogP contribution in [0.2, 0.25) is 0 Å². The highest BCUT2D eigenvalue weighted by Gasteiger charge is 2.32. The van der Waals surface area contributed by atoms with Crippen molar-refractivity contribution in [2.45, 2.75) is 30.6 Å². The van der Waals surface area contributed by atoms with Crippen LogP contribution >= 0.6 is 11.3 Å². The van der Waals surface area contributed by atoms with Crippen LogP contribution in [0.5, 0.6) is 0 Å². The molecule has 0 unspecified atom stereocenters. The van der Waals surface area contributed by atoms with E-state index < -0.39 is 14.9 Å². The van der Waals surface area contributed by atoms with E-state index in [4.69, 9.17) is 0 Å². The van der Waals surface area contributed by atoms with Gasteiger partial charge in [0.05, 0.1) is 4.92 Å². The van der Waals surface area contributed by atoms with Gasteiger partial charge in [-0.3, -0.25) is 10.1 Å². The number of nitro groups is 1. The number of sulfonamides is 1. The maximum Gasteiger partial charge on any atom is 0.269 e. The molecule has 1 aliphatic heterocycles. The molecule has 0 N–H and O–H groups in total. The zero-order chi connectivity index (χ0) is 15.9. The summed E-state index contributed by atoms with van der Waals surface area (Å²) in [7, 11) is -3.55. The summed E-state index contributed by atoms with van der Waals surface area (Å²) in [5, 5.41) is 10.8. The fourth-order valence-corrected chi connectivity index (χ4v) is 5.29. The highest BCUT2D eigenvalue weighted by Crippen LogP contribution is 2.33. The van der Waals surface area contributed by atoms with Crippen LogP contribution in [0.3, 0.4) is 0 Å². The molecular formula is C14H14N2O4S2. The first-order valence-electron chi connectivity index (χ1n) is 6.77. The van der Waals surface area contributed by atoms with Crippen molar-refractivity contribution in [3.63, 3.8) is 0 Å². The number of thiophene rings is 1. The molecule has 116 valence electrons. The predicted molar refractivity (Wildman–Crippen MR) is 83.2 cm³/mol. The van der Waals surface area contributed by atoms with Gasteiger partial charge in [-0.15, -0.1) is 11.3 Å². The van der Waals surface area contributed by atoms with Crippen molar-refractivity contribution >= 4 is 27.0 Å². The number of benzene rings is 1. The third-order valence-corrected chi connectivity index (χ3v) is 7.16. The molecule has 0 radical (unpaired) electrons. The summed E-state index contributed by atoms with van der Waals surface area (Å²) in [6.45, 7) is 2.42. The van der Waals surface area contributed by atoms with Crippen molar-refractivity contribution in [3.05, 3.63) is 56.5 Å². The first kappa shape index (κ1) is 15.1. The highest BCUT2D eigenvalue weighted by molar-refractivity contribution is 7.91. The standard InChI is InChI=1S/C14H14N2O4S2/c1-2-13-5-6-14(21-13)22(19,20)15-8-10-3-4-12(16(17)18)7-11(10)9-15/h3-7H,2,8-9H2,1H3. The Balaban J connectivity index is 1.90. The molecular weight excluding hydrogens is 324 g/mol. The summed E-state index contributed by atoms with van der Waals surface area (Å²) in [6.07, 6.45) is 0.798. The molecule has 0 aliphatic carbocycles. The molecule has 0 bridgehead atoms. The number of nitrogens with zero attached hydrogens (tertiary/aromatic N) is 2. The van der Waals surface area contributed by atoms with Gasteiger partial charge in [0.15, 0.2) is 0 Å². The third kappa shape index (κ3) is 2.53. The Morgan fingerprint density at radius 1 is 1.23 bits per heavy atom. The fraction of sp³-hybridized carbons (Fsp3) is 0.286. The van der Waals surface area contributed by atoms with Crippen molar-refractivity contribution < 1.29 is 13.3 Å². The molecule has 6 nitrogen and oxygen atoms in total. The smallest absolute Gasteiger partial charge is 0.258 e. The van der Waals surface area contributed by atoms with Crippen molar-refractivity contribution in [2.24, 2.45) is 0 Å². The van der Waals surface area contributed by atoms with Crippen LogP contribution < -0.4 is 0 Å². The summed E-state index contributed by atoms with van der Waals surface area (Å²) < 4.78 is 27.0. The van der Waals surface area contributed by atoms with E-state index >= 15 is 0 Å². The monoisotopic (exact) mass is 338 g/mol. The minimum absolute atomic E-state index is 0.0117. The van der Waals surface area contributed by atoms with Gasteiger partial charge < -0.3 is 0 Å². The minimum atomic E-state index is -3.55. The number of nitro benzene ring substituents is 1. The molecule has 0 saturated heterocycles. The number of hydrogen-bond donors (Lipinski definition) is 0. The lowest BCUT2D eigenvalue weighted by Gasteiger charge is -2.13. The molecule has 8 heteroatoms. The van der Waals surface area contributed by atoms with Crippen LogP contribution in [0.25, 0.3) is 0 Å². The summed E-state index contributed by atoms with van der Waals surface area (Å²) in [6, 6.07) is 7.96. The maximum absolute atomic E-state index is 12.7. The molecule has 0 saturated carbocycles. The van der Waals surface area contributed by atoms with E-state index in [1.807, 2.05) is 13.0 Å². The summed E-state index contributed by atoms with van der Waals surface area (Å²) >= 11 is 1.28. The van der Waals surface area contributed by atoms with Crippen LogP contribution in [0.15, 0.2) is 34.5 Å². The van der Waals surface area contributed by atoms with E-state index in [9.17, 15) is 18.5 Å². The van der Waals surface area contributed by atoms with E-state index in [1.54, 1.807) is 12.1 Å². The SMILES string of the molecule is CCc1ccc(S(=O)(=O)N2Cc3ccc([N+](=O)[O-])cc3C2)s1. The van der Waals surface area contributed by atoms with Gasteiger partial charge in [0.1, 0.15) is 4.21 Å². The molecule has 0 atom stereocenters. The Bertz CT molecular complexity index is 842. The lowest BCUT2D eigenvalue weighted by molar-refractivity contribution is -0.384. The molecule has 2 aromatic rings. The average Bonchev–Trinajstić information content (AvgIpc) is 3.13. The third-order valence-electron chi connectivity index (χ3n) is 3.67. The minimum Gasteiger partial charge on any atom is -0.258 e. The van der Waals surface area contributed by atoms with Gasteiger partial charge in [-0.1, -0.05) is 13.0 Å². The lowest BCUT2D eigenvalue weighted by Crippen LogP contribution is -2.24. The Labute approximate surface area is 132 Å². The first-order valence-corrected chi connectivity index (χ1v) is 9.02. The molecule has 0 amide bonds. The molecule has 1 aromatic carbocycles. The van der Waals surface area contributed by atoms with Crippen LogP contribution in [0.4, 0.5) is 5.69 Å². The quantitative estimate of drug-likeness (QED) is 0.634. The summed E-state index contributed by atoms with van der Waals surface area (Å²) in [5.41, 5.74) is 1.51. The van der Waals surface area contributed by atoms with Gasteiger partial charge in [-0.25, -0.2) is 8.42 Å². The largest absolute Gasteiger partial charge is 0.269 e. The van der Waals surface area contributed by atoms with Crippen LogP contribution in [-0.2, 0) is 29.5 Å². The molecule has 1 aliphatic rings. The van der Waals surface area contributed by atoms with E-state index in [0.29, 0.717) is 9.77 Å². The Morgan fingerprint density at radius 3 is 2.59 bits per heavy atom. The number of fused-ring (bicyclic) bond motifs is 1.